The van der Waals surface area contributed by atoms with E-state index in [1.54, 1.807) is 20.8 Å². The molecule has 0 radical (unpaired) electrons. The largest absolute Gasteiger partial charge is 0.444 e. The third-order valence-electron chi connectivity index (χ3n) is 2.06. The van der Waals surface area contributed by atoms with E-state index in [2.05, 4.69) is 24.5 Å². The molecule has 0 aromatic carbocycles. The van der Waals surface area contributed by atoms with Crippen molar-refractivity contribution in [2.45, 2.75) is 53.1 Å². The van der Waals surface area contributed by atoms with Crippen LogP contribution in [0.3, 0.4) is 0 Å². The molecule has 0 saturated carbocycles. The lowest BCUT2D eigenvalue weighted by molar-refractivity contribution is -0.121. The predicted molar refractivity (Wildman–Crippen MR) is 71.3 cm³/mol. The summed E-state index contributed by atoms with van der Waals surface area (Å²) in [6, 6.07) is 0. The van der Waals surface area contributed by atoms with Gasteiger partial charge in [0.1, 0.15) is 5.60 Å². The first-order valence-corrected chi connectivity index (χ1v) is 6.44. The highest BCUT2D eigenvalue weighted by atomic mass is 16.6. The molecule has 106 valence electrons. The molecule has 0 unspecified atom stereocenters. The number of amides is 2. The van der Waals surface area contributed by atoms with Crippen molar-refractivity contribution in [3.63, 3.8) is 0 Å². The lowest BCUT2D eigenvalue weighted by Gasteiger charge is -2.19. The van der Waals surface area contributed by atoms with Crippen LogP contribution >= 0.6 is 0 Å². The van der Waals surface area contributed by atoms with Crippen molar-refractivity contribution in [1.82, 2.24) is 10.6 Å². The van der Waals surface area contributed by atoms with E-state index in [0.717, 1.165) is 6.42 Å². The van der Waals surface area contributed by atoms with E-state index in [1.807, 2.05) is 0 Å². The van der Waals surface area contributed by atoms with E-state index in [0.29, 0.717) is 25.4 Å². The minimum atomic E-state index is -0.495. The summed E-state index contributed by atoms with van der Waals surface area (Å²) in [5.41, 5.74) is -0.495. The van der Waals surface area contributed by atoms with Crippen LogP contribution in [0.1, 0.15) is 47.5 Å². The molecule has 2 amide bonds. The molecule has 0 aliphatic carbocycles. The third kappa shape index (κ3) is 11.2. The molecule has 0 bridgehead atoms. The van der Waals surface area contributed by atoms with Crippen LogP contribution in [0.15, 0.2) is 0 Å². The number of ether oxygens (including phenoxy) is 1. The first kappa shape index (κ1) is 16.7. The number of carbonyl (C=O) groups excluding carboxylic acids is 2. The fourth-order valence-electron chi connectivity index (χ4n) is 1.19. The van der Waals surface area contributed by atoms with Crippen molar-refractivity contribution in [2.75, 3.05) is 13.1 Å². The molecule has 0 fully saturated rings. The SMILES string of the molecule is CC(C)CCC(=O)NCCNC(=O)OC(C)(C)C. The summed E-state index contributed by atoms with van der Waals surface area (Å²) >= 11 is 0. The Balaban J connectivity index is 3.56. The first-order chi connectivity index (χ1) is 8.20. The minimum absolute atomic E-state index is 0.0229. The van der Waals surface area contributed by atoms with Gasteiger partial charge in [0.15, 0.2) is 0 Å². The zero-order valence-electron chi connectivity index (χ0n) is 12.1. The Hall–Kier alpha value is -1.26. The van der Waals surface area contributed by atoms with Crippen LogP contribution in [0.5, 0.6) is 0 Å². The van der Waals surface area contributed by atoms with Gasteiger partial charge in [-0.1, -0.05) is 13.8 Å². The van der Waals surface area contributed by atoms with E-state index < -0.39 is 11.7 Å². The molecule has 0 spiro atoms. The number of alkyl carbamates (subject to hydrolysis) is 1. The van der Waals surface area contributed by atoms with Crippen molar-refractivity contribution < 1.29 is 14.3 Å². The molecule has 0 aliphatic heterocycles. The lowest BCUT2D eigenvalue weighted by Crippen LogP contribution is -2.37. The van der Waals surface area contributed by atoms with Crippen molar-refractivity contribution in [3.05, 3.63) is 0 Å². The number of rotatable bonds is 6. The smallest absolute Gasteiger partial charge is 0.407 e. The summed E-state index contributed by atoms with van der Waals surface area (Å²) in [5, 5.41) is 5.33. The second-order valence-corrected chi connectivity index (χ2v) is 5.71. The number of hydrogen-bond donors (Lipinski definition) is 2. The van der Waals surface area contributed by atoms with Crippen molar-refractivity contribution >= 4 is 12.0 Å². The standard InChI is InChI=1S/C13H26N2O3/c1-10(2)6-7-11(16)14-8-9-15-12(17)18-13(3,4)5/h10H,6-9H2,1-5H3,(H,14,16)(H,15,17). The summed E-state index contributed by atoms with van der Waals surface area (Å²) in [6.07, 6.45) is 0.953. The Bertz CT molecular complexity index is 270. The molecule has 0 heterocycles. The van der Waals surface area contributed by atoms with Crippen molar-refractivity contribution in [2.24, 2.45) is 5.92 Å². The van der Waals surface area contributed by atoms with Crippen LogP contribution in [-0.2, 0) is 9.53 Å². The topological polar surface area (TPSA) is 67.4 Å². The number of carbonyl (C=O) groups is 2. The van der Waals surface area contributed by atoms with E-state index in [9.17, 15) is 9.59 Å². The monoisotopic (exact) mass is 258 g/mol. The molecule has 5 nitrogen and oxygen atoms in total. The summed E-state index contributed by atoms with van der Waals surface area (Å²) in [7, 11) is 0. The van der Waals surface area contributed by atoms with Gasteiger partial charge in [-0.25, -0.2) is 4.79 Å². The fourth-order valence-corrected chi connectivity index (χ4v) is 1.19. The summed E-state index contributed by atoms with van der Waals surface area (Å²) in [5.74, 6) is 0.547. The van der Waals surface area contributed by atoms with E-state index in [-0.39, 0.29) is 5.91 Å². The van der Waals surface area contributed by atoms with Crippen molar-refractivity contribution in [3.8, 4) is 0 Å². The van der Waals surface area contributed by atoms with Crippen molar-refractivity contribution in [1.29, 1.82) is 0 Å². The molecule has 0 saturated heterocycles. The number of hydrogen-bond acceptors (Lipinski definition) is 3. The zero-order chi connectivity index (χ0) is 14.2. The second kappa shape index (κ2) is 7.95. The average molecular weight is 258 g/mol. The molecule has 0 aromatic rings. The van der Waals surface area contributed by atoms with Crippen LogP contribution < -0.4 is 10.6 Å². The highest BCUT2D eigenvalue weighted by Crippen LogP contribution is 2.06. The molecular weight excluding hydrogens is 232 g/mol. The lowest BCUT2D eigenvalue weighted by atomic mass is 10.1. The maximum atomic E-state index is 11.4. The highest BCUT2D eigenvalue weighted by Gasteiger charge is 2.15. The van der Waals surface area contributed by atoms with Gasteiger partial charge in [-0.05, 0) is 33.1 Å². The van der Waals surface area contributed by atoms with E-state index in [1.165, 1.54) is 0 Å². The molecule has 18 heavy (non-hydrogen) atoms. The first-order valence-electron chi connectivity index (χ1n) is 6.44. The summed E-state index contributed by atoms with van der Waals surface area (Å²) in [6.45, 7) is 10.4. The Morgan fingerprint density at radius 3 is 2.17 bits per heavy atom. The highest BCUT2D eigenvalue weighted by molar-refractivity contribution is 5.75. The van der Waals surface area contributed by atoms with Gasteiger partial charge in [-0.15, -0.1) is 0 Å². The molecule has 0 rings (SSSR count). The molecule has 0 aromatic heterocycles. The van der Waals surface area contributed by atoms with Gasteiger partial charge in [0.05, 0.1) is 0 Å². The van der Waals surface area contributed by atoms with Crippen LogP contribution in [0.2, 0.25) is 0 Å². The van der Waals surface area contributed by atoms with Gasteiger partial charge >= 0.3 is 6.09 Å². The minimum Gasteiger partial charge on any atom is -0.444 e. The Labute approximate surface area is 110 Å². The number of nitrogens with one attached hydrogen (secondary N) is 2. The van der Waals surface area contributed by atoms with Gasteiger partial charge in [-0.2, -0.15) is 0 Å². The maximum Gasteiger partial charge on any atom is 0.407 e. The average Bonchev–Trinajstić information content (AvgIpc) is 2.19. The Morgan fingerprint density at radius 1 is 1.11 bits per heavy atom. The van der Waals surface area contributed by atoms with Gasteiger partial charge in [-0.3, -0.25) is 4.79 Å². The Morgan fingerprint density at radius 2 is 1.67 bits per heavy atom. The van der Waals surface area contributed by atoms with E-state index in [4.69, 9.17) is 4.74 Å². The van der Waals surface area contributed by atoms with Gasteiger partial charge in [0.25, 0.3) is 0 Å². The zero-order valence-corrected chi connectivity index (χ0v) is 12.1. The quantitative estimate of drug-likeness (QED) is 0.717. The molecular formula is C13H26N2O3. The summed E-state index contributed by atoms with van der Waals surface area (Å²) in [4.78, 5) is 22.6. The van der Waals surface area contributed by atoms with Crippen LogP contribution in [-0.4, -0.2) is 30.7 Å². The maximum absolute atomic E-state index is 11.4. The van der Waals surface area contributed by atoms with Gasteiger partial charge < -0.3 is 15.4 Å². The predicted octanol–water partition coefficient (Wildman–Crippen LogP) is 2.06. The fraction of sp³-hybridized carbons (Fsp3) is 0.846. The third-order valence-corrected chi connectivity index (χ3v) is 2.06. The van der Waals surface area contributed by atoms with Crippen LogP contribution in [0.25, 0.3) is 0 Å². The molecule has 0 atom stereocenters. The van der Waals surface area contributed by atoms with Crippen LogP contribution in [0.4, 0.5) is 4.79 Å². The van der Waals surface area contributed by atoms with Crippen LogP contribution in [0, 0.1) is 5.92 Å². The molecule has 2 N–H and O–H groups in total. The Kier molecular flexibility index (Phi) is 7.39. The molecule has 0 aliphatic rings. The normalized spacial score (nSPS) is 11.2. The van der Waals surface area contributed by atoms with Gasteiger partial charge in [0, 0.05) is 19.5 Å². The summed E-state index contributed by atoms with van der Waals surface area (Å²) < 4.78 is 5.06. The molecule has 5 heteroatoms. The van der Waals surface area contributed by atoms with Gasteiger partial charge in [0.2, 0.25) is 5.91 Å². The van der Waals surface area contributed by atoms with E-state index >= 15 is 0 Å². The second-order valence-electron chi connectivity index (χ2n) is 5.71.